The van der Waals surface area contributed by atoms with E-state index in [0.29, 0.717) is 5.78 Å². The Morgan fingerprint density at radius 2 is 2.16 bits per heavy atom. The molecule has 3 aromatic rings. The van der Waals surface area contributed by atoms with Crippen molar-refractivity contribution in [2.75, 3.05) is 25.1 Å². The van der Waals surface area contributed by atoms with Crippen molar-refractivity contribution in [2.24, 2.45) is 0 Å². The highest BCUT2D eigenvalue weighted by atomic mass is 16.5. The first-order valence-electron chi connectivity index (χ1n) is 8.43. The zero-order valence-corrected chi connectivity index (χ0v) is 14.9. The first-order chi connectivity index (χ1) is 12.0. The molecule has 9 heteroatoms. The van der Waals surface area contributed by atoms with Gasteiger partial charge in [0.2, 0.25) is 0 Å². The zero-order chi connectivity index (χ0) is 17.6. The number of aromatic amines is 1. The molecule has 9 nitrogen and oxygen atoms in total. The minimum atomic E-state index is 0.0339. The van der Waals surface area contributed by atoms with E-state index in [1.807, 2.05) is 20.9 Å². The summed E-state index contributed by atoms with van der Waals surface area (Å²) in [5, 5.41) is 11.6. The van der Waals surface area contributed by atoms with E-state index in [2.05, 4.69) is 42.1 Å². The monoisotopic (exact) mass is 342 g/mol. The van der Waals surface area contributed by atoms with Gasteiger partial charge in [-0.2, -0.15) is 19.7 Å². The summed E-state index contributed by atoms with van der Waals surface area (Å²) < 4.78 is 7.77. The lowest BCUT2D eigenvalue weighted by Gasteiger charge is -2.27. The van der Waals surface area contributed by atoms with E-state index in [1.54, 1.807) is 4.52 Å². The first-order valence-corrected chi connectivity index (χ1v) is 8.43. The molecule has 1 aliphatic rings. The van der Waals surface area contributed by atoms with Crippen molar-refractivity contribution in [3.8, 4) is 0 Å². The smallest absolute Gasteiger partial charge is 0.254 e. The van der Waals surface area contributed by atoms with Crippen LogP contribution >= 0.6 is 0 Å². The Balaban J connectivity index is 1.63. The number of anilines is 1. The van der Waals surface area contributed by atoms with Gasteiger partial charge in [0.1, 0.15) is 18.0 Å². The van der Waals surface area contributed by atoms with E-state index in [4.69, 9.17) is 4.74 Å². The number of hydrogen-bond donors (Lipinski definition) is 1. The molecule has 3 aromatic heterocycles. The van der Waals surface area contributed by atoms with Gasteiger partial charge in [-0.1, -0.05) is 0 Å². The standard InChI is InChI=1S/C16H22N8O/c1-9-10(2)19-16-17-8-18-24(16)15(9)23(4)7-13-12(5-6-25-13)14-20-11(3)21-22-14/h8,12-13H,5-7H2,1-4H3,(H,20,21,22)/t12-,13-/m1/s1. The van der Waals surface area contributed by atoms with E-state index < -0.39 is 0 Å². The van der Waals surface area contributed by atoms with E-state index in [-0.39, 0.29) is 12.0 Å². The van der Waals surface area contributed by atoms with Crippen LogP contribution in [-0.4, -0.2) is 61.1 Å². The van der Waals surface area contributed by atoms with Crippen molar-refractivity contribution in [3.05, 3.63) is 29.2 Å². The molecule has 0 amide bonds. The second kappa shape index (κ2) is 6.07. The molecule has 25 heavy (non-hydrogen) atoms. The Hall–Kier alpha value is -2.55. The number of H-pyrrole nitrogens is 1. The Morgan fingerprint density at radius 1 is 1.32 bits per heavy atom. The molecular weight excluding hydrogens is 320 g/mol. The Bertz CT molecular complexity index is 901. The molecule has 0 saturated carbocycles. The van der Waals surface area contributed by atoms with Crippen LogP contribution in [0.1, 0.15) is 35.2 Å². The molecule has 132 valence electrons. The SMILES string of the molecule is Cc1nc([C@@H]2CCO[C@@H]2CN(C)c2c(C)c(C)nc3ncnn23)n[nH]1. The summed E-state index contributed by atoms with van der Waals surface area (Å²) in [6, 6.07) is 0. The van der Waals surface area contributed by atoms with Crippen LogP contribution in [0.2, 0.25) is 0 Å². The maximum Gasteiger partial charge on any atom is 0.254 e. The fourth-order valence-corrected chi connectivity index (χ4v) is 3.47. The maximum atomic E-state index is 5.99. The van der Waals surface area contributed by atoms with Crippen LogP contribution in [0.25, 0.3) is 5.78 Å². The highest BCUT2D eigenvalue weighted by molar-refractivity contribution is 5.53. The van der Waals surface area contributed by atoms with E-state index in [9.17, 15) is 0 Å². The highest BCUT2D eigenvalue weighted by Crippen LogP contribution is 2.31. The first kappa shape index (κ1) is 15.9. The van der Waals surface area contributed by atoms with Gasteiger partial charge >= 0.3 is 0 Å². The fourth-order valence-electron chi connectivity index (χ4n) is 3.47. The van der Waals surface area contributed by atoms with E-state index in [0.717, 1.165) is 48.3 Å². The highest BCUT2D eigenvalue weighted by Gasteiger charge is 2.34. The predicted molar refractivity (Wildman–Crippen MR) is 91.7 cm³/mol. The van der Waals surface area contributed by atoms with Crippen molar-refractivity contribution < 1.29 is 4.74 Å². The lowest BCUT2D eigenvalue weighted by atomic mass is 10.0. The molecule has 0 radical (unpaired) electrons. The summed E-state index contributed by atoms with van der Waals surface area (Å²) in [5.74, 6) is 3.46. The molecule has 1 aliphatic heterocycles. The van der Waals surface area contributed by atoms with Crippen LogP contribution in [-0.2, 0) is 4.74 Å². The Labute approximate surface area is 145 Å². The summed E-state index contributed by atoms with van der Waals surface area (Å²) >= 11 is 0. The molecule has 0 unspecified atom stereocenters. The summed E-state index contributed by atoms with van der Waals surface area (Å²) in [4.78, 5) is 15.4. The Kier molecular flexibility index (Phi) is 3.87. The minimum absolute atomic E-state index is 0.0339. The molecular formula is C16H22N8O. The number of ether oxygens (including phenoxy) is 1. The van der Waals surface area contributed by atoms with Gasteiger partial charge in [-0.05, 0) is 27.2 Å². The van der Waals surface area contributed by atoms with Crippen LogP contribution in [0, 0.1) is 20.8 Å². The zero-order valence-electron chi connectivity index (χ0n) is 14.9. The summed E-state index contributed by atoms with van der Waals surface area (Å²) in [6.07, 6.45) is 2.50. The number of hydrogen-bond acceptors (Lipinski definition) is 7. The average Bonchev–Trinajstić information content (AvgIpc) is 3.29. The Morgan fingerprint density at radius 3 is 2.92 bits per heavy atom. The molecule has 0 bridgehead atoms. The molecule has 1 saturated heterocycles. The number of rotatable bonds is 4. The third-order valence-electron chi connectivity index (χ3n) is 4.85. The van der Waals surface area contributed by atoms with Crippen LogP contribution in [0.5, 0.6) is 0 Å². The molecule has 1 N–H and O–H groups in total. The van der Waals surface area contributed by atoms with Crippen LogP contribution in [0.15, 0.2) is 6.33 Å². The predicted octanol–water partition coefficient (Wildman–Crippen LogP) is 1.18. The number of nitrogens with one attached hydrogen (secondary N) is 1. The number of likely N-dealkylation sites (N-methyl/N-ethyl adjacent to an activating group) is 1. The van der Waals surface area contributed by atoms with E-state index in [1.165, 1.54) is 6.33 Å². The number of aromatic nitrogens is 7. The molecule has 4 rings (SSSR count). The summed E-state index contributed by atoms with van der Waals surface area (Å²) in [7, 11) is 2.05. The molecule has 0 aliphatic carbocycles. The quantitative estimate of drug-likeness (QED) is 0.760. The lowest BCUT2D eigenvalue weighted by Crippen LogP contribution is -2.34. The van der Waals surface area contributed by atoms with Gasteiger partial charge in [-0.15, -0.1) is 0 Å². The van der Waals surface area contributed by atoms with Crippen LogP contribution < -0.4 is 4.90 Å². The normalized spacial score (nSPS) is 20.5. The third-order valence-corrected chi connectivity index (χ3v) is 4.85. The second-order valence-electron chi connectivity index (χ2n) is 6.58. The average molecular weight is 342 g/mol. The van der Waals surface area contributed by atoms with Gasteiger partial charge in [0.25, 0.3) is 5.78 Å². The molecule has 4 heterocycles. The van der Waals surface area contributed by atoms with Crippen molar-refractivity contribution >= 4 is 11.6 Å². The van der Waals surface area contributed by atoms with Crippen molar-refractivity contribution in [1.29, 1.82) is 0 Å². The van der Waals surface area contributed by atoms with Crippen LogP contribution in [0.3, 0.4) is 0 Å². The van der Waals surface area contributed by atoms with Gasteiger partial charge in [-0.25, -0.2) is 9.97 Å². The summed E-state index contributed by atoms with van der Waals surface area (Å²) in [5.41, 5.74) is 2.04. The van der Waals surface area contributed by atoms with E-state index >= 15 is 0 Å². The summed E-state index contributed by atoms with van der Waals surface area (Å²) in [6.45, 7) is 7.41. The van der Waals surface area contributed by atoms with Gasteiger partial charge in [0, 0.05) is 31.5 Å². The number of nitrogens with zero attached hydrogens (tertiary/aromatic N) is 7. The number of fused-ring (bicyclic) bond motifs is 1. The fraction of sp³-hybridized carbons (Fsp3) is 0.562. The number of aryl methyl sites for hydroxylation is 2. The van der Waals surface area contributed by atoms with Gasteiger partial charge in [0.05, 0.1) is 12.0 Å². The van der Waals surface area contributed by atoms with Gasteiger partial charge in [0.15, 0.2) is 5.82 Å². The maximum absolute atomic E-state index is 5.99. The van der Waals surface area contributed by atoms with Crippen molar-refractivity contribution in [3.63, 3.8) is 0 Å². The molecule has 0 aromatic carbocycles. The minimum Gasteiger partial charge on any atom is -0.376 e. The second-order valence-corrected chi connectivity index (χ2v) is 6.58. The molecule has 1 fully saturated rings. The van der Waals surface area contributed by atoms with Crippen molar-refractivity contribution in [1.82, 2.24) is 34.8 Å². The van der Waals surface area contributed by atoms with Gasteiger partial charge in [-0.3, -0.25) is 5.10 Å². The molecule has 0 spiro atoms. The topological polar surface area (TPSA) is 97.1 Å². The van der Waals surface area contributed by atoms with Crippen LogP contribution in [0.4, 0.5) is 5.82 Å². The third kappa shape index (κ3) is 2.74. The van der Waals surface area contributed by atoms with Crippen molar-refractivity contribution in [2.45, 2.75) is 39.2 Å². The molecule has 2 atom stereocenters. The lowest BCUT2D eigenvalue weighted by molar-refractivity contribution is 0.108. The largest absolute Gasteiger partial charge is 0.376 e. The van der Waals surface area contributed by atoms with Gasteiger partial charge < -0.3 is 9.64 Å².